The number of ether oxygens (including phenoxy) is 1. The molecule has 1 aliphatic carbocycles. The summed E-state index contributed by atoms with van der Waals surface area (Å²) < 4.78 is 5.59. The fourth-order valence-electron chi connectivity index (χ4n) is 2.65. The summed E-state index contributed by atoms with van der Waals surface area (Å²) in [5, 5.41) is 12.0. The van der Waals surface area contributed by atoms with E-state index in [-0.39, 0.29) is 5.91 Å². The second-order valence-electron chi connectivity index (χ2n) is 5.66. The van der Waals surface area contributed by atoms with Gasteiger partial charge in [-0.25, -0.2) is 4.79 Å². The number of hydrogen-bond acceptors (Lipinski definition) is 3. The Labute approximate surface area is 124 Å². The van der Waals surface area contributed by atoms with Crippen LogP contribution in [0, 0.1) is 6.92 Å². The number of rotatable bonds is 5. The average molecular weight is 291 g/mol. The number of carboxylic acids is 1. The van der Waals surface area contributed by atoms with Gasteiger partial charge in [-0.2, -0.15) is 0 Å². The zero-order chi connectivity index (χ0) is 15.5. The van der Waals surface area contributed by atoms with Crippen molar-refractivity contribution in [2.45, 2.75) is 51.2 Å². The minimum absolute atomic E-state index is 0.388. The third-order valence-corrected chi connectivity index (χ3v) is 3.90. The molecule has 0 radical (unpaired) electrons. The molecule has 0 aliphatic heterocycles. The molecule has 0 spiro atoms. The topological polar surface area (TPSA) is 75.6 Å². The third-order valence-electron chi connectivity index (χ3n) is 3.90. The molecule has 21 heavy (non-hydrogen) atoms. The summed E-state index contributed by atoms with van der Waals surface area (Å²) in [6.45, 7) is 3.57. The van der Waals surface area contributed by atoms with E-state index in [1.807, 2.05) is 25.1 Å². The molecule has 0 heterocycles. The number of aliphatic carboxylic acids is 1. The van der Waals surface area contributed by atoms with E-state index in [0.717, 1.165) is 18.4 Å². The van der Waals surface area contributed by atoms with E-state index in [1.54, 1.807) is 13.0 Å². The summed E-state index contributed by atoms with van der Waals surface area (Å²) >= 11 is 0. The van der Waals surface area contributed by atoms with Crippen molar-refractivity contribution in [2.24, 2.45) is 0 Å². The molecule has 0 aromatic heterocycles. The predicted octanol–water partition coefficient (Wildman–Crippen LogP) is 2.28. The van der Waals surface area contributed by atoms with Crippen LogP contribution in [-0.4, -0.2) is 28.6 Å². The highest BCUT2D eigenvalue weighted by atomic mass is 16.5. The molecule has 1 aromatic rings. The molecular weight excluding hydrogens is 270 g/mol. The zero-order valence-electron chi connectivity index (χ0n) is 12.4. The van der Waals surface area contributed by atoms with Gasteiger partial charge in [-0.1, -0.05) is 25.0 Å². The van der Waals surface area contributed by atoms with Crippen LogP contribution in [0.3, 0.4) is 0 Å². The van der Waals surface area contributed by atoms with Crippen molar-refractivity contribution < 1.29 is 19.4 Å². The summed E-state index contributed by atoms with van der Waals surface area (Å²) in [7, 11) is 0. The minimum Gasteiger partial charge on any atom is -0.481 e. The number of carbonyl (C=O) groups excluding carboxylic acids is 1. The van der Waals surface area contributed by atoms with E-state index in [4.69, 9.17) is 4.74 Å². The maximum Gasteiger partial charge on any atom is 0.329 e. The minimum atomic E-state index is -1.12. The van der Waals surface area contributed by atoms with Gasteiger partial charge in [-0.05, 0) is 44.4 Å². The van der Waals surface area contributed by atoms with Crippen molar-refractivity contribution in [3.8, 4) is 5.75 Å². The first-order chi connectivity index (χ1) is 9.93. The molecule has 5 heteroatoms. The molecule has 5 nitrogen and oxygen atoms in total. The number of aryl methyl sites for hydroxylation is 1. The number of amides is 1. The monoisotopic (exact) mass is 291 g/mol. The average Bonchev–Trinajstić information content (AvgIpc) is 2.88. The highest BCUT2D eigenvalue weighted by molar-refractivity contribution is 5.89. The van der Waals surface area contributed by atoms with Crippen molar-refractivity contribution in [1.29, 1.82) is 0 Å². The van der Waals surface area contributed by atoms with E-state index >= 15 is 0 Å². The van der Waals surface area contributed by atoms with Crippen LogP contribution in [0.2, 0.25) is 0 Å². The van der Waals surface area contributed by atoms with Crippen LogP contribution >= 0.6 is 0 Å². The summed E-state index contributed by atoms with van der Waals surface area (Å²) in [5.74, 6) is -0.745. The van der Waals surface area contributed by atoms with Gasteiger partial charge in [0.15, 0.2) is 6.10 Å². The molecule has 1 atom stereocenters. The molecule has 1 unspecified atom stereocenters. The van der Waals surface area contributed by atoms with Gasteiger partial charge in [0.1, 0.15) is 11.3 Å². The molecule has 1 fully saturated rings. The van der Waals surface area contributed by atoms with Gasteiger partial charge in [0.2, 0.25) is 0 Å². The van der Waals surface area contributed by atoms with Crippen molar-refractivity contribution in [1.82, 2.24) is 5.32 Å². The molecule has 2 N–H and O–H groups in total. The Kier molecular flexibility index (Phi) is 4.50. The zero-order valence-corrected chi connectivity index (χ0v) is 12.4. The Balaban J connectivity index is 2.01. The first-order valence-corrected chi connectivity index (χ1v) is 7.22. The van der Waals surface area contributed by atoms with E-state index in [1.165, 1.54) is 0 Å². The van der Waals surface area contributed by atoms with Gasteiger partial charge in [-0.3, -0.25) is 4.79 Å². The van der Waals surface area contributed by atoms with Crippen molar-refractivity contribution in [3.05, 3.63) is 29.8 Å². The SMILES string of the molecule is Cc1cccc(OC(C)C(=O)NC2(C(=O)O)CCCC2)c1. The van der Waals surface area contributed by atoms with Crippen LogP contribution in [-0.2, 0) is 9.59 Å². The van der Waals surface area contributed by atoms with E-state index in [9.17, 15) is 14.7 Å². The predicted molar refractivity (Wildman–Crippen MR) is 78.2 cm³/mol. The molecule has 0 bridgehead atoms. The highest BCUT2D eigenvalue weighted by Gasteiger charge is 2.43. The van der Waals surface area contributed by atoms with Crippen LogP contribution in [0.1, 0.15) is 38.2 Å². The number of benzene rings is 1. The highest BCUT2D eigenvalue weighted by Crippen LogP contribution is 2.30. The first kappa shape index (κ1) is 15.4. The van der Waals surface area contributed by atoms with Crippen molar-refractivity contribution in [2.75, 3.05) is 0 Å². The summed E-state index contributed by atoms with van der Waals surface area (Å²) in [4.78, 5) is 23.6. The fraction of sp³-hybridized carbons (Fsp3) is 0.500. The maximum absolute atomic E-state index is 12.2. The Morgan fingerprint density at radius 2 is 2.00 bits per heavy atom. The van der Waals surface area contributed by atoms with Crippen LogP contribution < -0.4 is 10.1 Å². The molecule has 0 saturated heterocycles. The number of hydrogen-bond donors (Lipinski definition) is 2. The smallest absolute Gasteiger partial charge is 0.329 e. The Morgan fingerprint density at radius 1 is 1.33 bits per heavy atom. The van der Waals surface area contributed by atoms with Crippen LogP contribution in [0.15, 0.2) is 24.3 Å². The quantitative estimate of drug-likeness (QED) is 0.872. The van der Waals surface area contributed by atoms with Crippen molar-refractivity contribution >= 4 is 11.9 Å². The second-order valence-corrected chi connectivity index (χ2v) is 5.66. The largest absolute Gasteiger partial charge is 0.481 e. The molecule has 1 aliphatic rings. The summed E-state index contributed by atoms with van der Waals surface area (Å²) in [5.41, 5.74) is -0.0840. The van der Waals surface area contributed by atoms with Crippen molar-refractivity contribution in [3.63, 3.8) is 0 Å². The third kappa shape index (κ3) is 3.54. The maximum atomic E-state index is 12.2. The fourth-order valence-corrected chi connectivity index (χ4v) is 2.65. The lowest BCUT2D eigenvalue weighted by Gasteiger charge is -2.27. The lowest BCUT2D eigenvalue weighted by atomic mass is 9.97. The molecule has 114 valence electrons. The normalized spacial score (nSPS) is 18.0. The molecule has 1 amide bonds. The molecule has 1 aromatic carbocycles. The van der Waals surface area contributed by atoms with Gasteiger partial charge in [0.05, 0.1) is 0 Å². The van der Waals surface area contributed by atoms with E-state index < -0.39 is 17.6 Å². The Hall–Kier alpha value is -2.04. The molecule has 1 saturated carbocycles. The lowest BCUT2D eigenvalue weighted by molar-refractivity contribution is -0.148. The van der Waals surface area contributed by atoms with Gasteiger partial charge in [0, 0.05) is 0 Å². The van der Waals surface area contributed by atoms with Crippen LogP contribution in [0.25, 0.3) is 0 Å². The van der Waals surface area contributed by atoms with Gasteiger partial charge >= 0.3 is 5.97 Å². The number of carboxylic acid groups (broad SMARTS) is 1. The molecule has 2 rings (SSSR count). The van der Waals surface area contributed by atoms with Gasteiger partial charge < -0.3 is 15.2 Å². The van der Waals surface area contributed by atoms with Crippen LogP contribution in [0.5, 0.6) is 5.75 Å². The summed E-state index contributed by atoms with van der Waals surface area (Å²) in [6.07, 6.45) is 1.86. The molecular formula is C16H21NO4. The standard InChI is InChI=1S/C16H21NO4/c1-11-6-5-7-13(10-11)21-12(2)14(18)17-16(15(19)20)8-3-4-9-16/h5-7,10,12H,3-4,8-9H2,1-2H3,(H,17,18)(H,19,20). The Bertz CT molecular complexity index is 535. The number of carbonyl (C=O) groups is 2. The van der Waals surface area contributed by atoms with Crippen LogP contribution in [0.4, 0.5) is 0 Å². The number of nitrogens with one attached hydrogen (secondary N) is 1. The first-order valence-electron chi connectivity index (χ1n) is 7.22. The summed E-state index contributed by atoms with van der Waals surface area (Å²) in [6, 6.07) is 7.41. The van der Waals surface area contributed by atoms with Gasteiger partial charge in [0.25, 0.3) is 5.91 Å². The Morgan fingerprint density at radius 3 is 2.57 bits per heavy atom. The second kappa shape index (κ2) is 6.16. The van der Waals surface area contributed by atoms with E-state index in [0.29, 0.717) is 18.6 Å². The lowest BCUT2D eigenvalue weighted by Crippen LogP contribution is -2.55. The van der Waals surface area contributed by atoms with Gasteiger partial charge in [-0.15, -0.1) is 0 Å². The van der Waals surface area contributed by atoms with E-state index in [2.05, 4.69) is 5.32 Å².